The van der Waals surface area contributed by atoms with E-state index in [1.165, 1.54) is 0 Å². The van der Waals surface area contributed by atoms with Crippen LogP contribution in [0.4, 0.5) is 0 Å². The number of hydrogen-bond acceptors (Lipinski definition) is 2. The molecule has 1 atom stereocenters. The van der Waals surface area contributed by atoms with E-state index in [2.05, 4.69) is 5.32 Å². The number of carbonyl (C=O) groups excluding carboxylic acids is 1. The molecule has 1 aliphatic carbocycles. The molecule has 0 heterocycles. The third-order valence-electron chi connectivity index (χ3n) is 3.31. The largest absolute Gasteiger partial charge is 0.354 e. The second kappa shape index (κ2) is 4.67. The third-order valence-corrected chi connectivity index (χ3v) is 3.64. The standard InChI is InChI=1S/C13H17ClN2O/c1-9(15)12(17)16-8-13(6-7-13)10-4-2-3-5-11(10)14/h2-5,9H,6-8,15H2,1H3,(H,16,17). The Morgan fingerprint density at radius 1 is 1.53 bits per heavy atom. The van der Waals surface area contributed by atoms with Gasteiger partial charge in [-0.3, -0.25) is 4.79 Å². The second-order valence-electron chi connectivity index (χ2n) is 4.77. The summed E-state index contributed by atoms with van der Waals surface area (Å²) in [7, 11) is 0. The molecule has 1 aliphatic rings. The van der Waals surface area contributed by atoms with Crippen molar-refractivity contribution in [2.45, 2.75) is 31.2 Å². The fourth-order valence-electron chi connectivity index (χ4n) is 2.00. The van der Waals surface area contributed by atoms with Crippen LogP contribution in [0.5, 0.6) is 0 Å². The Morgan fingerprint density at radius 2 is 2.18 bits per heavy atom. The quantitative estimate of drug-likeness (QED) is 0.859. The van der Waals surface area contributed by atoms with Crippen molar-refractivity contribution in [2.24, 2.45) is 5.73 Å². The lowest BCUT2D eigenvalue weighted by atomic mass is 9.96. The van der Waals surface area contributed by atoms with Crippen molar-refractivity contribution in [1.29, 1.82) is 0 Å². The first-order chi connectivity index (χ1) is 8.05. The van der Waals surface area contributed by atoms with Gasteiger partial charge >= 0.3 is 0 Å². The molecule has 92 valence electrons. The summed E-state index contributed by atoms with van der Waals surface area (Å²) >= 11 is 6.19. The van der Waals surface area contributed by atoms with Crippen LogP contribution in [-0.2, 0) is 10.2 Å². The van der Waals surface area contributed by atoms with E-state index in [9.17, 15) is 4.79 Å². The first kappa shape index (κ1) is 12.4. The summed E-state index contributed by atoms with van der Waals surface area (Å²) in [5.41, 5.74) is 6.68. The second-order valence-corrected chi connectivity index (χ2v) is 5.17. The van der Waals surface area contributed by atoms with Crippen LogP contribution in [-0.4, -0.2) is 18.5 Å². The zero-order chi connectivity index (χ0) is 12.5. The molecule has 0 radical (unpaired) electrons. The highest BCUT2D eigenvalue weighted by Gasteiger charge is 2.45. The Labute approximate surface area is 106 Å². The van der Waals surface area contributed by atoms with Crippen molar-refractivity contribution in [3.8, 4) is 0 Å². The van der Waals surface area contributed by atoms with Crippen LogP contribution in [0.25, 0.3) is 0 Å². The molecule has 17 heavy (non-hydrogen) atoms. The maximum atomic E-state index is 11.5. The molecule has 0 bridgehead atoms. The molecule has 0 aliphatic heterocycles. The van der Waals surface area contributed by atoms with E-state index in [0.29, 0.717) is 6.54 Å². The summed E-state index contributed by atoms with van der Waals surface area (Å²) in [4.78, 5) is 11.5. The monoisotopic (exact) mass is 252 g/mol. The van der Waals surface area contributed by atoms with E-state index < -0.39 is 6.04 Å². The van der Waals surface area contributed by atoms with Gasteiger partial charge in [-0.2, -0.15) is 0 Å². The van der Waals surface area contributed by atoms with Crippen LogP contribution >= 0.6 is 11.6 Å². The topological polar surface area (TPSA) is 55.1 Å². The lowest BCUT2D eigenvalue weighted by molar-refractivity contribution is -0.122. The number of halogens is 1. The van der Waals surface area contributed by atoms with E-state index in [-0.39, 0.29) is 11.3 Å². The van der Waals surface area contributed by atoms with Crippen LogP contribution in [0.1, 0.15) is 25.3 Å². The lowest BCUT2D eigenvalue weighted by Crippen LogP contribution is -2.41. The van der Waals surface area contributed by atoms with Crippen molar-refractivity contribution in [1.82, 2.24) is 5.32 Å². The molecule has 3 N–H and O–H groups in total. The van der Waals surface area contributed by atoms with Gasteiger partial charge < -0.3 is 11.1 Å². The van der Waals surface area contributed by atoms with Gasteiger partial charge in [-0.25, -0.2) is 0 Å². The molecule has 1 amide bonds. The highest BCUT2D eigenvalue weighted by Crippen LogP contribution is 2.49. The van der Waals surface area contributed by atoms with Gasteiger partial charge in [0.25, 0.3) is 0 Å². The molecule has 1 fully saturated rings. The Kier molecular flexibility index (Phi) is 3.40. The van der Waals surface area contributed by atoms with Crippen molar-refractivity contribution < 1.29 is 4.79 Å². The molecule has 1 unspecified atom stereocenters. The molecule has 2 rings (SSSR count). The number of carbonyl (C=O) groups is 1. The number of amides is 1. The van der Waals surface area contributed by atoms with Gasteiger partial charge in [0.15, 0.2) is 0 Å². The minimum atomic E-state index is -0.461. The fraction of sp³-hybridized carbons (Fsp3) is 0.462. The fourth-order valence-corrected chi connectivity index (χ4v) is 2.34. The molecule has 4 heteroatoms. The zero-order valence-corrected chi connectivity index (χ0v) is 10.6. The normalized spacial score (nSPS) is 18.5. The summed E-state index contributed by atoms with van der Waals surface area (Å²) in [6, 6.07) is 7.37. The van der Waals surface area contributed by atoms with Crippen molar-refractivity contribution >= 4 is 17.5 Å². The van der Waals surface area contributed by atoms with Gasteiger partial charge in [0.05, 0.1) is 6.04 Å². The van der Waals surface area contributed by atoms with Gasteiger partial charge in [-0.1, -0.05) is 29.8 Å². The summed E-state index contributed by atoms with van der Waals surface area (Å²) in [5, 5.41) is 3.67. The van der Waals surface area contributed by atoms with E-state index in [1.807, 2.05) is 24.3 Å². The van der Waals surface area contributed by atoms with Crippen molar-refractivity contribution in [3.05, 3.63) is 34.9 Å². The molecule has 1 aromatic carbocycles. The predicted octanol–water partition coefficient (Wildman–Crippen LogP) is 1.84. The SMILES string of the molecule is CC(N)C(=O)NCC1(c2ccccc2Cl)CC1. The van der Waals surface area contributed by atoms with Gasteiger partial charge in [0, 0.05) is 17.0 Å². The number of nitrogens with two attached hydrogens (primary N) is 1. The highest BCUT2D eigenvalue weighted by molar-refractivity contribution is 6.31. The average molecular weight is 253 g/mol. The van der Waals surface area contributed by atoms with Crippen LogP contribution in [0, 0.1) is 0 Å². The predicted molar refractivity (Wildman–Crippen MR) is 69.0 cm³/mol. The Hall–Kier alpha value is -1.06. The van der Waals surface area contributed by atoms with Gasteiger partial charge in [-0.05, 0) is 31.4 Å². The molecule has 1 aromatic rings. The van der Waals surface area contributed by atoms with Crippen LogP contribution < -0.4 is 11.1 Å². The van der Waals surface area contributed by atoms with Crippen molar-refractivity contribution in [3.63, 3.8) is 0 Å². The number of nitrogens with one attached hydrogen (secondary N) is 1. The Bertz CT molecular complexity index is 427. The summed E-state index contributed by atoms with van der Waals surface area (Å²) in [6.07, 6.45) is 2.13. The van der Waals surface area contributed by atoms with E-state index >= 15 is 0 Å². The van der Waals surface area contributed by atoms with E-state index in [1.54, 1.807) is 6.92 Å². The first-order valence-corrected chi connectivity index (χ1v) is 6.21. The minimum absolute atomic E-state index is 0.0306. The summed E-state index contributed by atoms with van der Waals surface area (Å²) in [6.45, 7) is 2.31. The van der Waals surface area contributed by atoms with Crippen LogP contribution in [0.15, 0.2) is 24.3 Å². The van der Waals surface area contributed by atoms with Crippen LogP contribution in [0.3, 0.4) is 0 Å². The smallest absolute Gasteiger partial charge is 0.236 e. The number of rotatable bonds is 4. The maximum Gasteiger partial charge on any atom is 0.236 e. The number of benzene rings is 1. The van der Waals surface area contributed by atoms with E-state index in [4.69, 9.17) is 17.3 Å². The third kappa shape index (κ3) is 2.61. The zero-order valence-electron chi connectivity index (χ0n) is 9.87. The minimum Gasteiger partial charge on any atom is -0.354 e. The van der Waals surface area contributed by atoms with Crippen LogP contribution in [0.2, 0.25) is 5.02 Å². The van der Waals surface area contributed by atoms with E-state index in [0.717, 1.165) is 23.4 Å². The lowest BCUT2D eigenvalue weighted by Gasteiger charge is -2.18. The molecule has 1 saturated carbocycles. The Balaban J connectivity index is 2.06. The van der Waals surface area contributed by atoms with Gasteiger partial charge in [0.2, 0.25) is 5.91 Å². The van der Waals surface area contributed by atoms with Gasteiger partial charge in [-0.15, -0.1) is 0 Å². The molecule has 3 nitrogen and oxygen atoms in total. The summed E-state index contributed by atoms with van der Waals surface area (Å²) in [5.74, 6) is -0.108. The molecule has 0 aromatic heterocycles. The Morgan fingerprint density at radius 3 is 2.71 bits per heavy atom. The molecule has 0 spiro atoms. The summed E-state index contributed by atoms with van der Waals surface area (Å²) < 4.78 is 0. The first-order valence-electron chi connectivity index (χ1n) is 5.83. The number of hydrogen-bond donors (Lipinski definition) is 2. The molecular weight excluding hydrogens is 236 g/mol. The molecule has 0 saturated heterocycles. The van der Waals surface area contributed by atoms with Crippen molar-refractivity contribution in [2.75, 3.05) is 6.54 Å². The maximum absolute atomic E-state index is 11.5. The molecular formula is C13H17ClN2O. The highest BCUT2D eigenvalue weighted by atomic mass is 35.5. The van der Waals surface area contributed by atoms with Gasteiger partial charge in [0.1, 0.15) is 0 Å². The average Bonchev–Trinajstić information content (AvgIpc) is 3.07.